The normalized spacial score (nSPS) is 10.9. The van der Waals surface area contributed by atoms with Gasteiger partial charge in [-0.05, 0) is 18.2 Å². The third-order valence-corrected chi connectivity index (χ3v) is 2.00. The molecule has 0 aliphatic carbocycles. The molecule has 0 bridgehead atoms. The molecule has 0 aliphatic rings. The minimum absolute atomic E-state index is 0.264. The van der Waals surface area contributed by atoms with Crippen LogP contribution in [0.25, 0.3) is 0 Å². The van der Waals surface area contributed by atoms with E-state index in [0.717, 1.165) is 5.69 Å². The van der Waals surface area contributed by atoms with Gasteiger partial charge in [0.25, 0.3) is 5.91 Å². The number of hydrogen-bond acceptors (Lipinski definition) is 3. The van der Waals surface area contributed by atoms with Crippen LogP contribution in [0.2, 0.25) is 0 Å². The average molecular weight is 261 g/mol. The summed E-state index contributed by atoms with van der Waals surface area (Å²) in [5, 5.41) is 3.81. The van der Waals surface area contributed by atoms with Gasteiger partial charge in [0, 0.05) is 33.8 Å². The minimum Gasteiger partial charge on any atom is -0.369 e. The summed E-state index contributed by atoms with van der Waals surface area (Å²) in [6.45, 7) is 0. The number of nitrogens with one attached hydrogen (secondary N) is 1. The van der Waals surface area contributed by atoms with Crippen LogP contribution >= 0.6 is 0 Å². The molecule has 0 spiro atoms. The fraction of sp³-hybridized carbons (Fsp3) is 0.308. The Kier molecular flexibility index (Phi) is 5.53. The highest BCUT2D eigenvalue weighted by molar-refractivity contribution is 5.95. The molecule has 0 aromatic heterocycles. The Balaban J connectivity index is 2.73. The number of amides is 1. The zero-order valence-corrected chi connectivity index (χ0v) is 11.7. The van der Waals surface area contributed by atoms with Crippen molar-refractivity contribution in [2.24, 2.45) is 10.1 Å². The van der Waals surface area contributed by atoms with E-state index in [1.807, 2.05) is 39.2 Å². The van der Waals surface area contributed by atoms with Gasteiger partial charge < -0.3 is 9.80 Å². The molecule has 1 aromatic rings. The number of nitrogens with zero attached hydrogens (tertiary/aromatic N) is 4. The van der Waals surface area contributed by atoms with Gasteiger partial charge in [-0.3, -0.25) is 4.79 Å². The lowest BCUT2D eigenvalue weighted by molar-refractivity contribution is 0.0954. The molecule has 1 rings (SSSR count). The van der Waals surface area contributed by atoms with Gasteiger partial charge in [-0.2, -0.15) is 5.10 Å². The van der Waals surface area contributed by atoms with E-state index >= 15 is 0 Å². The zero-order chi connectivity index (χ0) is 14.3. The molecule has 6 heteroatoms. The van der Waals surface area contributed by atoms with E-state index < -0.39 is 0 Å². The van der Waals surface area contributed by atoms with Gasteiger partial charge in [0.1, 0.15) is 6.34 Å². The maximum absolute atomic E-state index is 11.8. The summed E-state index contributed by atoms with van der Waals surface area (Å²) in [5.41, 5.74) is 3.69. The molecule has 102 valence electrons. The van der Waals surface area contributed by atoms with E-state index in [4.69, 9.17) is 0 Å². The highest BCUT2D eigenvalue weighted by Crippen LogP contribution is 2.13. The summed E-state index contributed by atoms with van der Waals surface area (Å²) in [6.07, 6.45) is 3.20. The quantitative estimate of drug-likeness (QED) is 0.491. The van der Waals surface area contributed by atoms with Gasteiger partial charge in [0.05, 0.1) is 12.0 Å². The molecule has 0 heterocycles. The van der Waals surface area contributed by atoms with Crippen LogP contribution in [0.3, 0.4) is 0 Å². The number of carbonyl (C=O) groups is 1. The molecular weight excluding hydrogens is 242 g/mol. The molecule has 1 aromatic carbocycles. The van der Waals surface area contributed by atoms with Crippen molar-refractivity contribution in [1.29, 1.82) is 0 Å². The molecule has 1 amide bonds. The molecule has 0 radical (unpaired) electrons. The molecule has 0 unspecified atom stereocenters. The SMILES string of the molecule is CN(C)/C=N\NC(=O)c1cccc(/N=C\N(C)C)c1. The van der Waals surface area contributed by atoms with Gasteiger partial charge in [-0.1, -0.05) is 6.07 Å². The third-order valence-electron chi connectivity index (χ3n) is 2.00. The maximum atomic E-state index is 11.8. The summed E-state index contributed by atoms with van der Waals surface area (Å²) < 4.78 is 0. The predicted octanol–water partition coefficient (Wildman–Crippen LogP) is 1.14. The van der Waals surface area contributed by atoms with Crippen molar-refractivity contribution < 1.29 is 4.79 Å². The molecule has 0 atom stereocenters. The number of rotatable bonds is 5. The standard InChI is InChI=1S/C13H19N5O/c1-17(2)9-14-12-7-5-6-11(8-12)13(19)16-15-10-18(3)4/h5-10H,1-4H3,(H,16,19)/b14-9-,15-10-. The third kappa shape index (κ3) is 5.67. The predicted molar refractivity (Wildman–Crippen MR) is 77.9 cm³/mol. The van der Waals surface area contributed by atoms with Crippen LogP contribution in [0, 0.1) is 0 Å². The number of carbonyl (C=O) groups excluding carboxylic acids is 1. The van der Waals surface area contributed by atoms with Crippen LogP contribution in [-0.4, -0.2) is 56.6 Å². The van der Waals surface area contributed by atoms with Crippen LogP contribution < -0.4 is 5.43 Å². The zero-order valence-electron chi connectivity index (χ0n) is 11.7. The number of benzene rings is 1. The number of hydrogen-bond donors (Lipinski definition) is 1. The van der Waals surface area contributed by atoms with E-state index in [1.165, 1.54) is 6.34 Å². The molecule has 19 heavy (non-hydrogen) atoms. The van der Waals surface area contributed by atoms with E-state index in [-0.39, 0.29) is 5.91 Å². The second-order valence-corrected chi connectivity index (χ2v) is 4.41. The Labute approximate surface area is 113 Å². The largest absolute Gasteiger partial charge is 0.369 e. The van der Waals surface area contributed by atoms with E-state index in [9.17, 15) is 4.79 Å². The lowest BCUT2D eigenvalue weighted by atomic mass is 10.2. The topological polar surface area (TPSA) is 60.3 Å². The van der Waals surface area contributed by atoms with E-state index in [2.05, 4.69) is 15.5 Å². The van der Waals surface area contributed by atoms with Gasteiger partial charge >= 0.3 is 0 Å². The lowest BCUT2D eigenvalue weighted by Gasteiger charge is -2.05. The van der Waals surface area contributed by atoms with Gasteiger partial charge in [0.2, 0.25) is 0 Å². The Bertz CT molecular complexity index is 480. The molecule has 0 saturated carbocycles. The Hall–Kier alpha value is -2.37. The monoisotopic (exact) mass is 261 g/mol. The van der Waals surface area contributed by atoms with Gasteiger partial charge in [0.15, 0.2) is 0 Å². The van der Waals surface area contributed by atoms with E-state index in [0.29, 0.717) is 5.56 Å². The van der Waals surface area contributed by atoms with Crippen LogP contribution in [-0.2, 0) is 0 Å². The molecule has 1 N–H and O–H groups in total. The van der Waals surface area contributed by atoms with E-state index in [1.54, 1.807) is 29.4 Å². The fourth-order valence-electron chi connectivity index (χ4n) is 1.18. The molecule has 6 nitrogen and oxygen atoms in total. The molecule has 0 saturated heterocycles. The number of hydrazone groups is 1. The molecular formula is C13H19N5O. The second-order valence-electron chi connectivity index (χ2n) is 4.41. The smallest absolute Gasteiger partial charge is 0.271 e. The Morgan fingerprint density at radius 1 is 1.16 bits per heavy atom. The first kappa shape index (κ1) is 14.7. The first-order valence-electron chi connectivity index (χ1n) is 5.79. The van der Waals surface area contributed by atoms with Crippen molar-refractivity contribution in [2.75, 3.05) is 28.2 Å². The minimum atomic E-state index is -0.264. The maximum Gasteiger partial charge on any atom is 0.271 e. The first-order valence-corrected chi connectivity index (χ1v) is 5.79. The van der Waals surface area contributed by atoms with Crippen molar-refractivity contribution in [1.82, 2.24) is 15.2 Å². The van der Waals surface area contributed by atoms with Crippen LogP contribution in [0.15, 0.2) is 34.4 Å². The summed E-state index contributed by atoms with van der Waals surface area (Å²) >= 11 is 0. The highest BCUT2D eigenvalue weighted by atomic mass is 16.2. The van der Waals surface area contributed by atoms with Crippen LogP contribution in [0.1, 0.15) is 10.4 Å². The Morgan fingerprint density at radius 2 is 1.84 bits per heavy atom. The first-order chi connectivity index (χ1) is 8.99. The highest BCUT2D eigenvalue weighted by Gasteiger charge is 2.04. The summed E-state index contributed by atoms with van der Waals surface area (Å²) in [4.78, 5) is 19.6. The van der Waals surface area contributed by atoms with Crippen molar-refractivity contribution in [2.45, 2.75) is 0 Å². The summed E-state index contributed by atoms with van der Waals surface area (Å²) in [6, 6.07) is 7.04. The second kappa shape index (κ2) is 7.15. The van der Waals surface area contributed by atoms with Gasteiger partial charge in [-0.15, -0.1) is 0 Å². The van der Waals surface area contributed by atoms with Crippen LogP contribution in [0.4, 0.5) is 5.69 Å². The van der Waals surface area contributed by atoms with Gasteiger partial charge in [-0.25, -0.2) is 10.4 Å². The Morgan fingerprint density at radius 3 is 2.47 bits per heavy atom. The van der Waals surface area contributed by atoms with Crippen molar-refractivity contribution in [3.05, 3.63) is 29.8 Å². The molecule has 0 fully saturated rings. The fourth-order valence-corrected chi connectivity index (χ4v) is 1.18. The van der Waals surface area contributed by atoms with Crippen molar-refractivity contribution in [3.8, 4) is 0 Å². The number of aliphatic imine (C=N–C) groups is 1. The average Bonchev–Trinajstić information content (AvgIpc) is 2.36. The lowest BCUT2D eigenvalue weighted by Crippen LogP contribution is -2.20. The van der Waals surface area contributed by atoms with Crippen molar-refractivity contribution >= 4 is 24.3 Å². The summed E-state index contributed by atoms with van der Waals surface area (Å²) in [7, 11) is 7.42. The van der Waals surface area contributed by atoms with Crippen molar-refractivity contribution in [3.63, 3.8) is 0 Å². The summed E-state index contributed by atoms with van der Waals surface area (Å²) in [5.74, 6) is -0.264. The van der Waals surface area contributed by atoms with Crippen LogP contribution in [0.5, 0.6) is 0 Å². The molecule has 0 aliphatic heterocycles.